The molecule has 9 heteroatoms. The average Bonchev–Trinajstić information content (AvgIpc) is 2.63. The maximum absolute atomic E-state index is 13.5. The number of allylic oxidation sites excluding steroid dienone is 1. The summed E-state index contributed by atoms with van der Waals surface area (Å²) in [6.07, 6.45) is 4.88. The zero-order valence-electron chi connectivity index (χ0n) is 15.5. The van der Waals surface area contributed by atoms with Crippen LogP contribution in [0.2, 0.25) is 0 Å². The first-order valence-electron chi connectivity index (χ1n) is 7.96. The van der Waals surface area contributed by atoms with E-state index in [-0.39, 0.29) is 24.3 Å². The van der Waals surface area contributed by atoms with Crippen LogP contribution in [0.15, 0.2) is 41.8 Å². The lowest BCUT2D eigenvalue weighted by atomic mass is 10.2. The van der Waals surface area contributed by atoms with Crippen molar-refractivity contribution >= 4 is 33.1 Å². The molecule has 0 fully saturated rings. The fraction of sp³-hybridized carbons (Fsp3) is 0.278. The van der Waals surface area contributed by atoms with Crippen LogP contribution in [-0.4, -0.2) is 54.0 Å². The lowest BCUT2D eigenvalue weighted by Crippen LogP contribution is -2.29. The molecule has 1 aromatic rings. The van der Waals surface area contributed by atoms with Gasteiger partial charge in [0.25, 0.3) is 0 Å². The van der Waals surface area contributed by atoms with Gasteiger partial charge in [-0.05, 0) is 24.6 Å². The molecule has 0 aromatic heterocycles. The Bertz CT molecular complexity index is 745. The van der Waals surface area contributed by atoms with Crippen LogP contribution in [0.1, 0.15) is 12.5 Å². The van der Waals surface area contributed by atoms with Crippen molar-refractivity contribution in [2.75, 3.05) is 20.6 Å². The molecule has 0 aliphatic rings. The van der Waals surface area contributed by atoms with Crippen molar-refractivity contribution in [3.05, 3.63) is 53.9 Å². The topological polar surface area (TPSA) is 56.2 Å². The van der Waals surface area contributed by atoms with Crippen molar-refractivity contribution in [2.45, 2.75) is 13.5 Å². The Morgan fingerprint density at radius 2 is 2.00 bits per heavy atom. The highest BCUT2D eigenvalue weighted by atomic mass is 31.0. The number of hydrazone groups is 1. The van der Waals surface area contributed by atoms with Gasteiger partial charge in [0.1, 0.15) is 0 Å². The summed E-state index contributed by atoms with van der Waals surface area (Å²) in [4.78, 5) is 26.2. The van der Waals surface area contributed by atoms with E-state index in [2.05, 4.69) is 20.9 Å². The van der Waals surface area contributed by atoms with Crippen LogP contribution in [-0.2, 0) is 16.1 Å². The highest BCUT2D eigenvalue weighted by molar-refractivity contribution is 7.27. The predicted molar refractivity (Wildman–Crippen MR) is 105 cm³/mol. The number of carbonyl (C=O) groups is 2. The number of carbonyl (C=O) groups excluding carboxylic acids is 2. The fourth-order valence-corrected chi connectivity index (χ4v) is 2.35. The van der Waals surface area contributed by atoms with Crippen LogP contribution in [0.4, 0.5) is 8.78 Å². The summed E-state index contributed by atoms with van der Waals surface area (Å²) in [6.45, 7) is 5.41. The highest BCUT2D eigenvalue weighted by Crippen LogP contribution is 2.13. The monoisotopic (exact) mass is 396 g/mol. The number of hydrogen-bond acceptors (Lipinski definition) is 4. The Balaban J connectivity index is 2.82. The van der Waals surface area contributed by atoms with E-state index >= 15 is 0 Å². The van der Waals surface area contributed by atoms with Gasteiger partial charge in [-0.15, -0.1) is 9.24 Å². The molecule has 0 saturated heterocycles. The summed E-state index contributed by atoms with van der Waals surface area (Å²) in [6, 6.07) is 2.45. The number of amides is 2. The van der Waals surface area contributed by atoms with Crippen LogP contribution < -0.4 is 5.30 Å². The largest absolute Gasteiger partial charge is 0.337 e. The van der Waals surface area contributed by atoms with Gasteiger partial charge in [0.15, 0.2) is 11.6 Å². The molecule has 27 heavy (non-hydrogen) atoms. The van der Waals surface area contributed by atoms with Crippen LogP contribution >= 0.6 is 9.24 Å². The number of halogens is 2. The van der Waals surface area contributed by atoms with Gasteiger partial charge in [0.05, 0.1) is 13.1 Å². The normalized spacial score (nSPS) is 11.4. The summed E-state index contributed by atoms with van der Waals surface area (Å²) in [5, 5.41) is 5.58. The molecule has 0 N–H and O–H groups in total. The van der Waals surface area contributed by atoms with Gasteiger partial charge in [-0.3, -0.25) is 14.6 Å². The number of hydrogen-bond donors (Lipinski definition) is 0. The average molecular weight is 396 g/mol. The molecule has 0 aliphatic carbocycles. The van der Waals surface area contributed by atoms with Crippen molar-refractivity contribution in [1.82, 2.24) is 14.8 Å². The smallest absolute Gasteiger partial charge is 0.248 e. The Labute approximate surface area is 160 Å². The minimum atomic E-state index is -0.996. The molecule has 1 atom stereocenters. The quantitative estimate of drug-likeness (QED) is 0.211. The lowest BCUT2D eigenvalue weighted by molar-refractivity contribution is -0.124. The van der Waals surface area contributed by atoms with Crippen molar-refractivity contribution in [3.8, 4) is 0 Å². The third kappa shape index (κ3) is 6.90. The molecule has 1 unspecified atom stereocenters. The summed E-state index contributed by atoms with van der Waals surface area (Å²) < 4.78 is 26.9. The molecule has 1 aromatic carbocycles. The first-order chi connectivity index (χ1) is 12.7. The van der Waals surface area contributed by atoms with Crippen molar-refractivity contribution in [3.63, 3.8) is 0 Å². The molecular weight excluding hydrogens is 373 g/mol. The van der Waals surface area contributed by atoms with Gasteiger partial charge in [-0.2, -0.15) is 5.10 Å². The standard InChI is InChI=1S/C18H23F2N4O2P/c1-5-23(4)21-6-7-22(3)17(26)8-13(2)24(12-25)11-14-9-15(19)18(20)16(27)10-14/h5-6,8-10,12H,1,7,11,27H2,2-4H3/b13-8-,21-6+. The van der Waals surface area contributed by atoms with E-state index in [1.165, 1.54) is 33.2 Å². The van der Waals surface area contributed by atoms with Gasteiger partial charge in [0.2, 0.25) is 12.3 Å². The van der Waals surface area contributed by atoms with Gasteiger partial charge >= 0.3 is 0 Å². The first kappa shape index (κ1) is 22.4. The second kappa shape index (κ2) is 10.5. The van der Waals surface area contributed by atoms with Crippen molar-refractivity contribution in [1.29, 1.82) is 0 Å². The van der Waals surface area contributed by atoms with Crippen molar-refractivity contribution in [2.24, 2.45) is 5.10 Å². The summed E-state index contributed by atoms with van der Waals surface area (Å²) in [5.74, 6) is -2.28. The summed E-state index contributed by atoms with van der Waals surface area (Å²) >= 11 is 0. The van der Waals surface area contributed by atoms with Gasteiger partial charge < -0.3 is 9.80 Å². The first-order valence-corrected chi connectivity index (χ1v) is 8.53. The van der Waals surface area contributed by atoms with E-state index in [1.807, 2.05) is 0 Å². The van der Waals surface area contributed by atoms with Crippen molar-refractivity contribution < 1.29 is 18.4 Å². The van der Waals surface area contributed by atoms with E-state index < -0.39 is 11.6 Å². The SMILES string of the molecule is C=CN(C)/N=C/CN(C)C(=O)/C=C(/C)N(C=O)Cc1cc(F)c(F)c(P)c1. The molecular formula is C18H23F2N4O2P. The maximum Gasteiger partial charge on any atom is 0.248 e. The lowest BCUT2D eigenvalue weighted by Gasteiger charge is -2.20. The Morgan fingerprint density at radius 3 is 2.56 bits per heavy atom. The zero-order chi connectivity index (χ0) is 20.6. The Hall–Kier alpha value is -2.60. The van der Waals surface area contributed by atoms with Gasteiger partial charge in [-0.25, -0.2) is 8.78 Å². The van der Waals surface area contributed by atoms with Crippen LogP contribution in [0, 0.1) is 11.6 Å². The number of likely N-dealkylation sites (N-methyl/N-ethyl adjacent to an activating group) is 1. The molecule has 0 radical (unpaired) electrons. The van der Waals surface area contributed by atoms with E-state index in [9.17, 15) is 18.4 Å². The highest BCUT2D eigenvalue weighted by Gasteiger charge is 2.13. The molecule has 1 rings (SSSR count). The zero-order valence-corrected chi connectivity index (χ0v) is 16.7. The molecule has 0 bridgehead atoms. The number of nitrogens with zero attached hydrogens (tertiary/aromatic N) is 4. The second-order valence-electron chi connectivity index (χ2n) is 5.77. The van der Waals surface area contributed by atoms with E-state index in [0.29, 0.717) is 17.7 Å². The Morgan fingerprint density at radius 1 is 1.33 bits per heavy atom. The maximum atomic E-state index is 13.5. The van der Waals surface area contributed by atoms with E-state index in [4.69, 9.17) is 0 Å². The summed E-state index contributed by atoms with van der Waals surface area (Å²) in [7, 11) is 5.40. The van der Waals surface area contributed by atoms with Crippen LogP contribution in [0.5, 0.6) is 0 Å². The van der Waals surface area contributed by atoms with Crippen LogP contribution in [0.3, 0.4) is 0 Å². The third-order valence-electron chi connectivity index (χ3n) is 3.64. The third-order valence-corrected chi connectivity index (χ3v) is 4.06. The molecule has 0 saturated carbocycles. The summed E-state index contributed by atoms with van der Waals surface area (Å²) in [5.41, 5.74) is 0.774. The molecule has 6 nitrogen and oxygen atoms in total. The van der Waals surface area contributed by atoms with Crippen LogP contribution in [0.25, 0.3) is 0 Å². The van der Waals surface area contributed by atoms with Gasteiger partial charge in [-0.1, -0.05) is 6.58 Å². The predicted octanol–water partition coefficient (Wildman–Crippen LogP) is 1.85. The molecule has 0 spiro atoms. The molecule has 146 valence electrons. The number of rotatable bonds is 9. The fourth-order valence-electron chi connectivity index (χ4n) is 2.00. The van der Waals surface area contributed by atoms with E-state index in [1.54, 1.807) is 27.2 Å². The molecule has 0 aliphatic heterocycles. The molecule has 2 amide bonds. The minimum absolute atomic E-state index is 0.00696. The van der Waals surface area contributed by atoms with Gasteiger partial charge in [0, 0.05) is 43.6 Å². The second-order valence-corrected chi connectivity index (χ2v) is 6.39. The molecule has 0 heterocycles. The Kier molecular flexibility index (Phi) is 8.75. The number of benzene rings is 1. The van der Waals surface area contributed by atoms with E-state index in [0.717, 1.165) is 6.07 Å². The minimum Gasteiger partial charge on any atom is -0.337 e.